The van der Waals surface area contributed by atoms with Gasteiger partial charge >= 0.3 is 0 Å². The van der Waals surface area contributed by atoms with Crippen molar-refractivity contribution in [3.05, 3.63) is 44.6 Å². The summed E-state index contributed by atoms with van der Waals surface area (Å²) in [7, 11) is 1.55. The minimum absolute atomic E-state index is 0.0848. The molecule has 1 aromatic heterocycles. The predicted octanol–water partition coefficient (Wildman–Crippen LogP) is 3.14. The van der Waals surface area contributed by atoms with Crippen LogP contribution in [0, 0.1) is 0 Å². The van der Waals surface area contributed by atoms with Gasteiger partial charge in [0.15, 0.2) is 0 Å². The molecule has 4 nitrogen and oxygen atoms in total. The molecular formula is C14H10ClNO3S. The Hall–Kier alpha value is -1.85. The normalized spacial score (nSPS) is 13.0. The summed E-state index contributed by atoms with van der Waals surface area (Å²) < 4.78 is 5.07. The van der Waals surface area contributed by atoms with E-state index in [2.05, 4.69) is 5.32 Å². The van der Waals surface area contributed by atoms with Gasteiger partial charge in [-0.2, -0.15) is 0 Å². The average Bonchev–Trinajstić information content (AvgIpc) is 3.02. The zero-order valence-corrected chi connectivity index (χ0v) is 12.1. The Kier molecular flexibility index (Phi) is 3.23. The summed E-state index contributed by atoms with van der Waals surface area (Å²) in [5, 5.41) is 4.81. The first kappa shape index (κ1) is 13.1. The van der Waals surface area contributed by atoms with Gasteiger partial charge in [0.25, 0.3) is 0 Å². The van der Waals surface area contributed by atoms with E-state index in [0.29, 0.717) is 26.9 Å². The number of halogens is 1. The summed E-state index contributed by atoms with van der Waals surface area (Å²) in [4.78, 5) is 24.4. The molecule has 0 saturated heterocycles. The highest BCUT2D eigenvalue weighted by atomic mass is 35.5. The van der Waals surface area contributed by atoms with Crippen LogP contribution in [0.3, 0.4) is 0 Å². The number of methoxy groups -OCH3 is 1. The molecule has 2 heterocycles. The molecule has 0 spiro atoms. The molecule has 0 bridgehead atoms. The number of hydrogen-bond donors (Lipinski definition) is 1. The fourth-order valence-electron chi connectivity index (χ4n) is 2.10. The number of fused-ring (bicyclic) bond motifs is 1. The van der Waals surface area contributed by atoms with Crippen molar-refractivity contribution in [2.75, 3.05) is 12.4 Å². The molecule has 0 fully saturated rings. The number of nitrogens with one attached hydrogen (secondary N) is 1. The van der Waals surface area contributed by atoms with E-state index in [9.17, 15) is 9.59 Å². The summed E-state index contributed by atoms with van der Waals surface area (Å²) in [5.41, 5.74) is 1.89. The number of hydrogen-bond acceptors (Lipinski definition) is 4. The third-order valence-electron chi connectivity index (χ3n) is 3.10. The Morgan fingerprint density at radius 2 is 2.20 bits per heavy atom. The van der Waals surface area contributed by atoms with Crippen molar-refractivity contribution in [2.24, 2.45) is 0 Å². The largest absolute Gasteiger partial charge is 0.496 e. The van der Waals surface area contributed by atoms with Crippen molar-refractivity contribution in [3.8, 4) is 5.75 Å². The minimum Gasteiger partial charge on any atom is -0.496 e. The van der Waals surface area contributed by atoms with Gasteiger partial charge in [0.1, 0.15) is 5.75 Å². The third kappa shape index (κ3) is 2.19. The van der Waals surface area contributed by atoms with Gasteiger partial charge in [0.05, 0.1) is 23.4 Å². The van der Waals surface area contributed by atoms with Crippen molar-refractivity contribution in [1.82, 2.24) is 0 Å². The van der Waals surface area contributed by atoms with Crippen LogP contribution in [0.1, 0.15) is 20.8 Å². The Balaban J connectivity index is 2.00. The lowest BCUT2D eigenvalue weighted by Gasteiger charge is -2.05. The molecule has 1 aromatic carbocycles. The predicted molar refractivity (Wildman–Crippen MR) is 78.1 cm³/mol. The maximum absolute atomic E-state index is 12.4. The van der Waals surface area contributed by atoms with Crippen LogP contribution in [0.2, 0.25) is 5.02 Å². The van der Waals surface area contributed by atoms with Gasteiger partial charge in [0, 0.05) is 22.7 Å². The lowest BCUT2D eigenvalue weighted by Crippen LogP contribution is -2.03. The van der Waals surface area contributed by atoms with Gasteiger partial charge in [-0.15, -0.1) is 11.3 Å². The van der Waals surface area contributed by atoms with Crippen molar-refractivity contribution in [2.45, 2.75) is 6.42 Å². The third-order valence-corrected chi connectivity index (χ3v) is 4.32. The second-order valence-electron chi connectivity index (χ2n) is 4.39. The number of anilines is 1. The van der Waals surface area contributed by atoms with Crippen LogP contribution >= 0.6 is 22.9 Å². The van der Waals surface area contributed by atoms with Gasteiger partial charge < -0.3 is 10.1 Å². The smallest absolute Gasteiger partial charge is 0.228 e. The van der Waals surface area contributed by atoms with Crippen LogP contribution in [0.5, 0.6) is 5.75 Å². The highest BCUT2D eigenvalue weighted by Gasteiger charge is 2.23. The van der Waals surface area contributed by atoms with E-state index < -0.39 is 0 Å². The molecule has 6 heteroatoms. The maximum atomic E-state index is 12.4. The van der Waals surface area contributed by atoms with E-state index in [1.54, 1.807) is 30.7 Å². The first-order chi connectivity index (χ1) is 9.58. The van der Waals surface area contributed by atoms with Crippen molar-refractivity contribution in [1.29, 1.82) is 0 Å². The molecule has 2 aromatic rings. The molecule has 0 atom stereocenters. The Labute approximate surface area is 124 Å². The van der Waals surface area contributed by atoms with Crippen LogP contribution in [-0.4, -0.2) is 18.8 Å². The molecule has 102 valence electrons. The van der Waals surface area contributed by atoms with E-state index in [-0.39, 0.29) is 18.1 Å². The Morgan fingerprint density at radius 3 is 2.90 bits per heavy atom. The van der Waals surface area contributed by atoms with Crippen LogP contribution in [0.15, 0.2) is 23.6 Å². The van der Waals surface area contributed by atoms with Crippen LogP contribution in [0.25, 0.3) is 0 Å². The highest BCUT2D eigenvalue weighted by Crippen LogP contribution is 2.32. The second-order valence-corrected chi connectivity index (χ2v) is 5.71. The minimum atomic E-state index is -0.162. The summed E-state index contributed by atoms with van der Waals surface area (Å²) >= 11 is 7.45. The second kappa shape index (κ2) is 4.92. The fourth-order valence-corrected chi connectivity index (χ4v) is 3.16. The number of thiophene rings is 1. The number of carbonyl (C=O) groups excluding carboxylic acids is 2. The molecule has 3 rings (SSSR count). The van der Waals surface area contributed by atoms with Gasteiger partial charge in [0.2, 0.25) is 11.7 Å². The van der Waals surface area contributed by atoms with Crippen LogP contribution in [0.4, 0.5) is 5.69 Å². The highest BCUT2D eigenvalue weighted by molar-refractivity contribution is 7.12. The molecule has 0 unspecified atom stereocenters. The van der Waals surface area contributed by atoms with Gasteiger partial charge in [-0.3, -0.25) is 9.59 Å². The van der Waals surface area contributed by atoms with E-state index in [4.69, 9.17) is 16.3 Å². The average molecular weight is 308 g/mol. The van der Waals surface area contributed by atoms with Gasteiger partial charge in [-0.1, -0.05) is 11.6 Å². The Bertz CT molecular complexity index is 723. The molecule has 0 saturated carbocycles. The molecule has 1 aliphatic heterocycles. The lowest BCUT2D eigenvalue weighted by atomic mass is 10.0. The van der Waals surface area contributed by atoms with Crippen molar-refractivity contribution < 1.29 is 14.3 Å². The number of ether oxygens (including phenoxy) is 1. The summed E-state index contributed by atoms with van der Waals surface area (Å²) in [6.45, 7) is 0. The standard InChI is InChI=1S/C14H10ClNO3S/c1-19-8-4-12(20-6-8)14(18)9-2-7-3-13(17)16-11(7)5-10(9)15/h2,4-6H,3H2,1H3,(H,16,17). The molecule has 1 N–H and O–H groups in total. The molecule has 20 heavy (non-hydrogen) atoms. The lowest BCUT2D eigenvalue weighted by molar-refractivity contribution is -0.115. The fraction of sp³-hybridized carbons (Fsp3) is 0.143. The summed E-state index contributed by atoms with van der Waals surface area (Å²) in [6, 6.07) is 4.99. The van der Waals surface area contributed by atoms with E-state index in [1.807, 2.05) is 0 Å². The SMILES string of the molecule is COc1csc(C(=O)c2cc3c(cc2Cl)NC(=O)C3)c1. The number of ketones is 1. The van der Waals surface area contributed by atoms with Gasteiger partial charge in [-0.25, -0.2) is 0 Å². The number of rotatable bonds is 3. The van der Waals surface area contributed by atoms with Crippen LogP contribution < -0.4 is 10.1 Å². The first-order valence-electron chi connectivity index (χ1n) is 5.88. The van der Waals surface area contributed by atoms with Crippen molar-refractivity contribution >= 4 is 40.3 Å². The summed E-state index contributed by atoms with van der Waals surface area (Å²) in [5.74, 6) is 0.399. The van der Waals surface area contributed by atoms with E-state index in [1.165, 1.54) is 11.3 Å². The van der Waals surface area contributed by atoms with Crippen LogP contribution in [-0.2, 0) is 11.2 Å². The number of carbonyl (C=O) groups is 2. The first-order valence-corrected chi connectivity index (χ1v) is 7.13. The molecule has 0 radical (unpaired) electrons. The summed E-state index contributed by atoms with van der Waals surface area (Å²) in [6.07, 6.45) is 0.278. The Morgan fingerprint density at radius 1 is 1.40 bits per heavy atom. The number of benzene rings is 1. The van der Waals surface area contributed by atoms with Crippen molar-refractivity contribution in [3.63, 3.8) is 0 Å². The quantitative estimate of drug-likeness (QED) is 0.886. The van der Waals surface area contributed by atoms with Gasteiger partial charge in [-0.05, 0) is 17.7 Å². The monoisotopic (exact) mass is 307 g/mol. The van der Waals surface area contributed by atoms with E-state index in [0.717, 1.165) is 5.56 Å². The zero-order valence-electron chi connectivity index (χ0n) is 10.5. The molecular weight excluding hydrogens is 298 g/mol. The molecule has 1 amide bonds. The van der Waals surface area contributed by atoms with E-state index >= 15 is 0 Å². The molecule has 0 aliphatic carbocycles. The maximum Gasteiger partial charge on any atom is 0.228 e. The zero-order chi connectivity index (χ0) is 14.3. The topological polar surface area (TPSA) is 55.4 Å². The molecule has 1 aliphatic rings. The number of amides is 1.